The molecule has 0 spiro atoms. The maximum absolute atomic E-state index is 12.2. The lowest BCUT2D eigenvalue weighted by molar-refractivity contribution is 0.0386. The van der Waals surface area contributed by atoms with Gasteiger partial charge in [-0.25, -0.2) is 13.1 Å². The number of rotatable bonds is 3. The molecule has 100 valence electrons. The van der Waals surface area contributed by atoms with Gasteiger partial charge in [0.15, 0.2) is 0 Å². The predicted molar refractivity (Wildman–Crippen MR) is 69.6 cm³/mol. The molecule has 0 saturated carbocycles. The van der Waals surface area contributed by atoms with Crippen LogP contribution in [0.2, 0.25) is 0 Å². The van der Waals surface area contributed by atoms with E-state index in [0.717, 1.165) is 12.8 Å². The van der Waals surface area contributed by atoms with Gasteiger partial charge in [-0.3, -0.25) is 0 Å². The number of hydrogen-bond acceptors (Lipinski definition) is 4. The Morgan fingerprint density at radius 2 is 2.22 bits per heavy atom. The Labute approximate surface area is 107 Å². The first-order valence-corrected chi connectivity index (χ1v) is 7.37. The van der Waals surface area contributed by atoms with E-state index < -0.39 is 15.6 Å². The van der Waals surface area contributed by atoms with Gasteiger partial charge in [-0.05, 0) is 38.0 Å². The SMILES string of the molecule is CC1(NS(=O)(=O)c2cccc(N)c2)CCCOC1. The van der Waals surface area contributed by atoms with Crippen molar-refractivity contribution in [2.75, 3.05) is 18.9 Å². The third kappa shape index (κ3) is 3.01. The van der Waals surface area contributed by atoms with Crippen LogP contribution < -0.4 is 10.5 Å². The van der Waals surface area contributed by atoms with E-state index in [0.29, 0.717) is 18.9 Å². The molecule has 0 aliphatic carbocycles. The smallest absolute Gasteiger partial charge is 0.241 e. The van der Waals surface area contributed by atoms with Crippen molar-refractivity contribution in [1.82, 2.24) is 4.72 Å². The molecule has 0 aromatic heterocycles. The summed E-state index contributed by atoms with van der Waals surface area (Å²) in [4.78, 5) is 0.189. The number of anilines is 1. The van der Waals surface area contributed by atoms with E-state index in [2.05, 4.69) is 4.72 Å². The van der Waals surface area contributed by atoms with E-state index in [1.807, 2.05) is 6.92 Å². The lowest BCUT2D eigenvalue weighted by atomic mass is 9.97. The van der Waals surface area contributed by atoms with E-state index in [9.17, 15) is 8.42 Å². The summed E-state index contributed by atoms with van der Waals surface area (Å²) in [6, 6.07) is 6.27. The number of ether oxygens (including phenoxy) is 1. The van der Waals surface area contributed by atoms with Crippen LogP contribution in [0.1, 0.15) is 19.8 Å². The van der Waals surface area contributed by atoms with Crippen molar-refractivity contribution >= 4 is 15.7 Å². The molecule has 6 heteroatoms. The number of benzene rings is 1. The molecule has 1 unspecified atom stereocenters. The first-order chi connectivity index (χ1) is 8.41. The molecule has 3 N–H and O–H groups in total. The van der Waals surface area contributed by atoms with Crippen molar-refractivity contribution in [1.29, 1.82) is 0 Å². The van der Waals surface area contributed by atoms with Crippen LogP contribution in [0.5, 0.6) is 0 Å². The summed E-state index contributed by atoms with van der Waals surface area (Å²) in [5.74, 6) is 0. The summed E-state index contributed by atoms with van der Waals surface area (Å²) >= 11 is 0. The van der Waals surface area contributed by atoms with E-state index >= 15 is 0 Å². The molecule has 1 aromatic rings. The number of hydrogen-bond donors (Lipinski definition) is 2. The Morgan fingerprint density at radius 3 is 2.83 bits per heavy atom. The molecule has 18 heavy (non-hydrogen) atoms. The Kier molecular flexibility index (Phi) is 3.61. The molecule has 1 saturated heterocycles. The number of nitrogen functional groups attached to an aromatic ring is 1. The fourth-order valence-electron chi connectivity index (χ4n) is 2.08. The van der Waals surface area contributed by atoms with Crippen molar-refractivity contribution in [2.24, 2.45) is 0 Å². The minimum Gasteiger partial charge on any atom is -0.399 e. The Balaban J connectivity index is 2.21. The second-order valence-corrected chi connectivity index (χ2v) is 6.58. The third-order valence-corrected chi connectivity index (χ3v) is 4.62. The minimum atomic E-state index is -3.55. The van der Waals surface area contributed by atoms with E-state index in [4.69, 9.17) is 10.5 Å². The topological polar surface area (TPSA) is 81.4 Å². The van der Waals surface area contributed by atoms with Crippen LogP contribution in [0.25, 0.3) is 0 Å². The average Bonchev–Trinajstić information content (AvgIpc) is 2.28. The number of sulfonamides is 1. The summed E-state index contributed by atoms with van der Waals surface area (Å²) in [6.07, 6.45) is 1.63. The Bertz CT molecular complexity index is 522. The highest BCUT2D eigenvalue weighted by Gasteiger charge is 2.32. The maximum Gasteiger partial charge on any atom is 0.241 e. The summed E-state index contributed by atoms with van der Waals surface area (Å²) in [5.41, 5.74) is 5.50. The van der Waals surface area contributed by atoms with Gasteiger partial charge in [-0.1, -0.05) is 6.07 Å². The molecule has 1 heterocycles. The fraction of sp³-hybridized carbons (Fsp3) is 0.500. The summed E-state index contributed by atoms with van der Waals surface area (Å²) in [7, 11) is -3.55. The van der Waals surface area contributed by atoms with Crippen molar-refractivity contribution in [3.05, 3.63) is 24.3 Å². The van der Waals surface area contributed by atoms with Crippen molar-refractivity contribution in [2.45, 2.75) is 30.2 Å². The molecule has 2 rings (SSSR count). The van der Waals surface area contributed by atoms with Gasteiger partial charge in [0, 0.05) is 12.3 Å². The van der Waals surface area contributed by atoms with E-state index in [1.165, 1.54) is 12.1 Å². The lowest BCUT2D eigenvalue weighted by Gasteiger charge is -2.33. The highest BCUT2D eigenvalue weighted by Crippen LogP contribution is 2.22. The van der Waals surface area contributed by atoms with Gasteiger partial charge in [0.2, 0.25) is 10.0 Å². The number of nitrogens with two attached hydrogens (primary N) is 1. The van der Waals surface area contributed by atoms with Gasteiger partial charge in [-0.15, -0.1) is 0 Å². The van der Waals surface area contributed by atoms with Gasteiger partial charge >= 0.3 is 0 Å². The third-order valence-electron chi connectivity index (χ3n) is 2.99. The summed E-state index contributed by atoms with van der Waals surface area (Å²) < 4.78 is 32.5. The van der Waals surface area contributed by atoms with Gasteiger partial charge in [0.05, 0.1) is 17.0 Å². The van der Waals surface area contributed by atoms with Crippen LogP contribution in [0.4, 0.5) is 5.69 Å². The van der Waals surface area contributed by atoms with Crippen molar-refractivity contribution in [3.8, 4) is 0 Å². The Hall–Kier alpha value is -1.11. The molecule has 0 bridgehead atoms. The molecule has 0 radical (unpaired) electrons. The first-order valence-electron chi connectivity index (χ1n) is 5.89. The van der Waals surface area contributed by atoms with Crippen LogP contribution in [-0.2, 0) is 14.8 Å². The normalized spacial score (nSPS) is 24.9. The van der Waals surface area contributed by atoms with Crippen molar-refractivity contribution < 1.29 is 13.2 Å². The predicted octanol–water partition coefficient (Wildman–Crippen LogP) is 1.12. The maximum atomic E-state index is 12.2. The molecular formula is C12H18N2O3S. The van der Waals surface area contributed by atoms with Crippen molar-refractivity contribution in [3.63, 3.8) is 0 Å². The second kappa shape index (κ2) is 4.87. The molecule has 5 nitrogen and oxygen atoms in total. The zero-order valence-electron chi connectivity index (χ0n) is 10.3. The number of nitrogens with one attached hydrogen (secondary N) is 1. The molecule has 1 aliphatic heterocycles. The standard InChI is InChI=1S/C12H18N2O3S/c1-12(6-3-7-17-9-12)14-18(15,16)11-5-2-4-10(13)8-11/h2,4-5,8,14H,3,6-7,9,13H2,1H3. The second-order valence-electron chi connectivity index (χ2n) is 4.89. The van der Waals surface area contributed by atoms with Gasteiger partial charge in [0.25, 0.3) is 0 Å². The molecule has 1 atom stereocenters. The summed E-state index contributed by atoms with van der Waals surface area (Å²) in [5, 5.41) is 0. The van der Waals surface area contributed by atoms with Gasteiger partial charge in [0.1, 0.15) is 0 Å². The molecule has 0 amide bonds. The summed E-state index contributed by atoms with van der Waals surface area (Å²) in [6.45, 7) is 2.94. The largest absolute Gasteiger partial charge is 0.399 e. The van der Waals surface area contributed by atoms with Crippen LogP contribution in [0, 0.1) is 0 Å². The van der Waals surface area contributed by atoms with E-state index in [1.54, 1.807) is 12.1 Å². The highest BCUT2D eigenvalue weighted by atomic mass is 32.2. The van der Waals surface area contributed by atoms with Gasteiger partial charge < -0.3 is 10.5 Å². The monoisotopic (exact) mass is 270 g/mol. The molecular weight excluding hydrogens is 252 g/mol. The quantitative estimate of drug-likeness (QED) is 0.806. The van der Waals surface area contributed by atoms with Crippen LogP contribution in [0.15, 0.2) is 29.2 Å². The lowest BCUT2D eigenvalue weighted by Crippen LogP contribution is -2.51. The van der Waals surface area contributed by atoms with Crippen LogP contribution >= 0.6 is 0 Å². The van der Waals surface area contributed by atoms with Gasteiger partial charge in [-0.2, -0.15) is 0 Å². The first kappa shape index (κ1) is 13.3. The molecule has 1 aliphatic rings. The zero-order valence-corrected chi connectivity index (χ0v) is 11.2. The van der Waals surface area contributed by atoms with E-state index in [-0.39, 0.29) is 4.90 Å². The zero-order chi connectivity index (χ0) is 13.2. The Morgan fingerprint density at radius 1 is 1.44 bits per heavy atom. The minimum absolute atomic E-state index is 0.189. The molecule has 1 aromatic carbocycles. The molecule has 1 fully saturated rings. The average molecular weight is 270 g/mol. The van der Waals surface area contributed by atoms with Crippen LogP contribution in [0.3, 0.4) is 0 Å². The highest BCUT2D eigenvalue weighted by molar-refractivity contribution is 7.89. The fourth-order valence-corrected chi connectivity index (χ4v) is 3.56. The van der Waals surface area contributed by atoms with Crippen LogP contribution in [-0.4, -0.2) is 27.2 Å².